The van der Waals surface area contributed by atoms with Gasteiger partial charge in [0.2, 0.25) is 5.91 Å². The number of amides is 2. The van der Waals surface area contributed by atoms with Crippen LogP contribution in [-0.4, -0.2) is 45.7 Å². The zero-order valence-electron chi connectivity index (χ0n) is 12.6. The Labute approximate surface area is 119 Å². The van der Waals surface area contributed by atoms with E-state index < -0.39 is 17.7 Å². The summed E-state index contributed by atoms with van der Waals surface area (Å²) in [6, 6.07) is -0.445. The lowest BCUT2D eigenvalue weighted by atomic mass is 10.1. The predicted octanol–water partition coefficient (Wildman–Crippen LogP) is 2.21. The van der Waals surface area contributed by atoms with Crippen LogP contribution in [0.2, 0.25) is 0 Å². The number of carbonyl (C=O) groups is 2. The van der Waals surface area contributed by atoms with E-state index >= 15 is 0 Å². The maximum Gasteiger partial charge on any atom is 0.411 e. The highest BCUT2D eigenvalue weighted by atomic mass is 32.2. The second-order valence-electron chi connectivity index (χ2n) is 6.71. The van der Waals surface area contributed by atoms with Gasteiger partial charge in [-0.15, -0.1) is 11.8 Å². The zero-order chi connectivity index (χ0) is 14.8. The molecule has 19 heavy (non-hydrogen) atoms. The highest BCUT2D eigenvalue weighted by molar-refractivity contribution is 7.99. The summed E-state index contributed by atoms with van der Waals surface area (Å²) in [5.41, 5.74) is -0.848. The van der Waals surface area contributed by atoms with Gasteiger partial charge in [-0.25, -0.2) is 4.79 Å². The molecule has 0 spiro atoms. The van der Waals surface area contributed by atoms with E-state index in [1.54, 1.807) is 11.8 Å². The number of hydrogen-bond acceptors (Lipinski definition) is 4. The molecule has 0 aromatic carbocycles. The SMILES string of the molecule is CC(C)(C)NC(=O)C1CSCN1C(=O)OC(C)(C)C. The minimum absolute atomic E-state index is 0.122. The first-order valence-electron chi connectivity index (χ1n) is 6.39. The maximum absolute atomic E-state index is 12.2. The fourth-order valence-corrected chi connectivity index (χ4v) is 2.76. The van der Waals surface area contributed by atoms with Gasteiger partial charge in [0.05, 0.1) is 5.88 Å². The van der Waals surface area contributed by atoms with Crippen LogP contribution < -0.4 is 5.32 Å². The molecule has 1 fully saturated rings. The molecule has 1 unspecified atom stereocenters. The van der Waals surface area contributed by atoms with E-state index in [0.29, 0.717) is 11.6 Å². The summed E-state index contributed by atoms with van der Waals surface area (Å²) in [5.74, 6) is 0.988. The van der Waals surface area contributed by atoms with Crippen LogP contribution in [0.1, 0.15) is 41.5 Å². The van der Waals surface area contributed by atoms with Crippen molar-refractivity contribution in [2.75, 3.05) is 11.6 Å². The van der Waals surface area contributed by atoms with E-state index in [9.17, 15) is 9.59 Å². The minimum Gasteiger partial charge on any atom is -0.444 e. The van der Waals surface area contributed by atoms with Crippen molar-refractivity contribution in [2.45, 2.75) is 58.7 Å². The Hall–Kier alpha value is -0.910. The van der Waals surface area contributed by atoms with Gasteiger partial charge in [0.1, 0.15) is 11.6 Å². The van der Waals surface area contributed by atoms with E-state index in [1.807, 2.05) is 41.5 Å². The van der Waals surface area contributed by atoms with Crippen LogP contribution in [0.25, 0.3) is 0 Å². The Morgan fingerprint density at radius 1 is 1.21 bits per heavy atom. The Morgan fingerprint density at radius 2 is 1.79 bits per heavy atom. The molecule has 0 saturated carbocycles. The molecular formula is C13H24N2O3S. The predicted molar refractivity (Wildman–Crippen MR) is 77.1 cm³/mol. The van der Waals surface area contributed by atoms with Crippen molar-refractivity contribution >= 4 is 23.8 Å². The molecule has 1 heterocycles. The van der Waals surface area contributed by atoms with Crippen LogP contribution in [0.15, 0.2) is 0 Å². The first-order chi connectivity index (χ1) is 8.49. The summed E-state index contributed by atoms with van der Waals surface area (Å²) in [6.45, 7) is 11.2. The highest BCUT2D eigenvalue weighted by Gasteiger charge is 2.38. The molecule has 1 aliphatic heterocycles. The quantitative estimate of drug-likeness (QED) is 0.803. The van der Waals surface area contributed by atoms with Crippen molar-refractivity contribution in [3.8, 4) is 0 Å². The van der Waals surface area contributed by atoms with Crippen LogP contribution in [0.5, 0.6) is 0 Å². The summed E-state index contributed by atoms with van der Waals surface area (Å²) in [7, 11) is 0. The third-order valence-electron chi connectivity index (χ3n) is 2.31. The summed E-state index contributed by atoms with van der Waals surface area (Å²) in [4.78, 5) is 25.7. The summed E-state index contributed by atoms with van der Waals surface area (Å²) in [5, 5.41) is 2.91. The van der Waals surface area contributed by atoms with E-state index in [-0.39, 0.29) is 11.4 Å². The van der Waals surface area contributed by atoms with Crippen molar-refractivity contribution in [1.29, 1.82) is 0 Å². The van der Waals surface area contributed by atoms with Crippen molar-refractivity contribution < 1.29 is 14.3 Å². The van der Waals surface area contributed by atoms with E-state index in [2.05, 4.69) is 5.32 Å². The summed E-state index contributed by atoms with van der Waals surface area (Å²) < 4.78 is 5.33. The van der Waals surface area contributed by atoms with Crippen LogP contribution in [0.3, 0.4) is 0 Å². The van der Waals surface area contributed by atoms with Gasteiger partial charge in [0.25, 0.3) is 0 Å². The maximum atomic E-state index is 12.2. The second-order valence-corrected chi connectivity index (χ2v) is 7.70. The summed E-state index contributed by atoms with van der Waals surface area (Å²) >= 11 is 1.56. The molecule has 1 N–H and O–H groups in total. The lowest BCUT2D eigenvalue weighted by Gasteiger charge is -2.29. The molecule has 0 aromatic heterocycles. The Kier molecular flexibility index (Phi) is 4.76. The monoisotopic (exact) mass is 288 g/mol. The van der Waals surface area contributed by atoms with Crippen molar-refractivity contribution in [3.05, 3.63) is 0 Å². The fraction of sp³-hybridized carbons (Fsp3) is 0.846. The Morgan fingerprint density at radius 3 is 2.26 bits per heavy atom. The minimum atomic E-state index is -0.546. The van der Waals surface area contributed by atoms with Gasteiger partial charge >= 0.3 is 6.09 Å². The average molecular weight is 288 g/mol. The van der Waals surface area contributed by atoms with Crippen molar-refractivity contribution in [1.82, 2.24) is 10.2 Å². The molecule has 0 aliphatic carbocycles. The van der Waals surface area contributed by atoms with Gasteiger partial charge in [-0.05, 0) is 41.5 Å². The third kappa shape index (κ3) is 5.30. The highest BCUT2D eigenvalue weighted by Crippen LogP contribution is 2.24. The van der Waals surface area contributed by atoms with Crippen LogP contribution >= 0.6 is 11.8 Å². The average Bonchev–Trinajstić information content (AvgIpc) is 2.59. The second kappa shape index (κ2) is 5.61. The van der Waals surface area contributed by atoms with Gasteiger partial charge in [-0.2, -0.15) is 0 Å². The lowest BCUT2D eigenvalue weighted by Crippen LogP contribution is -2.53. The van der Waals surface area contributed by atoms with Gasteiger partial charge < -0.3 is 10.1 Å². The standard InChI is InChI=1S/C13H24N2O3S/c1-12(2,3)14-10(16)9-7-19-8-15(9)11(17)18-13(4,5)6/h9H,7-8H2,1-6H3,(H,14,16). The number of rotatable bonds is 1. The van der Waals surface area contributed by atoms with Gasteiger partial charge in [-0.1, -0.05) is 0 Å². The molecular weight excluding hydrogens is 264 g/mol. The molecule has 0 aromatic rings. The molecule has 6 heteroatoms. The van der Waals surface area contributed by atoms with Crippen LogP contribution in [0.4, 0.5) is 4.79 Å². The van der Waals surface area contributed by atoms with Gasteiger partial charge in [0, 0.05) is 11.3 Å². The molecule has 1 atom stereocenters. The molecule has 1 saturated heterocycles. The van der Waals surface area contributed by atoms with Gasteiger partial charge in [-0.3, -0.25) is 9.69 Å². The lowest BCUT2D eigenvalue weighted by molar-refractivity contribution is -0.126. The number of carbonyl (C=O) groups excluding carboxylic acids is 2. The third-order valence-corrected chi connectivity index (χ3v) is 3.32. The molecule has 1 rings (SSSR count). The van der Waals surface area contributed by atoms with Crippen molar-refractivity contribution in [2.24, 2.45) is 0 Å². The molecule has 5 nitrogen and oxygen atoms in total. The molecule has 2 amide bonds. The Bertz CT molecular complexity index is 324. The molecule has 0 bridgehead atoms. The molecule has 110 valence electrons. The molecule has 0 radical (unpaired) electrons. The van der Waals surface area contributed by atoms with E-state index in [0.717, 1.165) is 0 Å². The zero-order valence-corrected chi connectivity index (χ0v) is 13.4. The van der Waals surface area contributed by atoms with Crippen LogP contribution in [-0.2, 0) is 9.53 Å². The summed E-state index contributed by atoms with van der Waals surface area (Å²) in [6.07, 6.45) is -0.424. The number of thioether (sulfide) groups is 1. The molecule has 1 aliphatic rings. The van der Waals surface area contributed by atoms with E-state index in [1.165, 1.54) is 4.90 Å². The fourth-order valence-electron chi connectivity index (χ4n) is 1.61. The number of ether oxygens (including phenoxy) is 1. The largest absolute Gasteiger partial charge is 0.444 e. The van der Waals surface area contributed by atoms with Crippen molar-refractivity contribution in [3.63, 3.8) is 0 Å². The Balaban J connectivity index is 2.69. The smallest absolute Gasteiger partial charge is 0.411 e. The number of hydrogen-bond donors (Lipinski definition) is 1. The normalized spacial score (nSPS) is 20.3. The topological polar surface area (TPSA) is 58.6 Å². The van der Waals surface area contributed by atoms with Gasteiger partial charge in [0.15, 0.2) is 0 Å². The number of nitrogens with one attached hydrogen (secondary N) is 1. The first-order valence-corrected chi connectivity index (χ1v) is 7.54. The van der Waals surface area contributed by atoms with E-state index in [4.69, 9.17) is 4.74 Å². The number of nitrogens with zero attached hydrogens (tertiary/aromatic N) is 1. The first kappa shape index (κ1) is 16.1. The van der Waals surface area contributed by atoms with Crippen LogP contribution in [0, 0.1) is 0 Å².